The summed E-state index contributed by atoms with van der Waals surface area (Å²) in [6, 6.07) is 11.4. The van der Waals surface area contributed by atoms with Crippen molar-refractivity contribution in [3.05, 3.63) is 58.2 Å². The number of carbonyl (C=O) groups excluding carboxylic acids is 2. The quantitative estimate of drug-likeness (QED) is 0.438. The molecule has 2 saturated carbocycles. The van der Waals surface area contributed by atoms with Gasteiger partial charge in [0.1, 0.15) is 17.2 Å². The maximum absolute atomic E-state index is 15.6. The SMILES string of the molecule is Cc1sc2ccc(-c3ccc(C4=NC5(CC5)C(=O)N4CC4CCN(C(=O)C5CC5)C4)cc3F)cc2c1C. The molecule has 0 radical (unpaired) electrons. The molecular formula is C30H30FN3O2S. The lowest BCUT2D eigenvalue weighted by atomic mass is 10.00. The summed E-state index contributed by atoms with van der Waals surface area (Å²) in [5.74, 6) is 1.02. The van der Waals surface area contributed by atoms with Crippen LogP contribution in [0.15, 0.2) is 41.4 Å². The highest BCUT2D eigenvalue weighted by atomic mass is 32.1. The van der Waals surface area contributed by atoms with E-state index in [0.717, 1.165) is 44.2 Å². The van der Waals surface area contributed by atoms with Crippen LogP contribution in [-0.2, 0) is 9.59 Å². The van der Waals surface area contributed by atoms with Crippen molar-refractivity contribution >= 4 is 39.1 Å². The van der Waals surface area contributed by atoms with Gasteiger partial charge in [-0.25, -0.2) is 4.39 Å². The fourth-order valence-corrected chi connectivity index (χ4v) is 6.97. The molecule has 5 nitrogen and oxygen atoms in total. The van der Waals surface area contributed by atoms with Gasteiger partial charge in [-0.1, -0.05) is 18.2 Å². The molecule has 4 aliphatic rings. The van der Waals surface area contributed by atoms with Crippen molar-refractivity contribution in [3.8, 4) is 11.1 Å². The standard InChI is InChI=1S/C30H30FN3O2S/c1-17-18(2)37-26-8-6-21(13-24(17)26)23-7-5-22(14-25(23)31)27-32-30(10-11-30)29(36)34(27)16-19-9-12-33(15-19)28(35)20-3-4-20/h5-8,13-14,19-20H,3-4,9-12,15-16H2,1-2H3. The highest BCUT2D eigenvalue weighted by Crippen LogP contribution is 2.46. The van der Waals surface area contributed by atoms with Crippen LogP contribution < -0.4 is 0 Å². The molecule has 190 valence electrons. The molecule has 1 atom stereocenters. The van der Waals surface area contributed by atoms with Gasteiger partial charge in [0, 0.05) is 46.3 Å². The highest BCUT2D eigenvalue weighted by molar-refractivity contribution is 7.19. The van der Waals surface area contributed by atoms with Crippen molar-refractivity contribution < 1.29 is 14.0 Å². The predicted octanol–water partition coefficient (Wildman–Crippen LogP) is 5.70. The molecule has 3 heterocycles. The fraction of sp³-hybridized carbons (Fsp3) is 0.433. The number of hydrogen-bond acceptors (Lipinski definition) is 4. The first-order valence-electron chi connectivity index (χ1n) is 13.3. The smallest absolute Gasteiger partial charge is 0.256 e. The van der Waals surface area contributed by atoms with E-state index in [1.807, 2.05) is 23.1 Å². The van der Waals surface area contributed by atoms with E-state index in [2.05, 4.69) is 26.0 Å². The van der Waals surface area contributed by atoms with Gasteiger partial charge in [-0.3, -0.25) is 19.5 Å². The first kappa shape index (κ1) is 23.1. The van der Waals surface area contributed by atoms with Crippen LogP contribution in [-0.4, -0.2) is 52.6 Å². The maximum atomic E-state index is 15.6. The number of amidine groups is 1. The Kier molecular flexibility index (Phi) is 5.13. The lowest BCUT2D eigenvalue weighted by Crippen LogP contribution is -2.41. The number of thiophene rings is 1. The van der Waals surface area contributed by atoms with Crippen LogP contribution in [0.5, 0.6) is 0 Å². The summed E-state index contributed by atoms with van der Waals surface area (Å²) < 4.78 is 16.8. The molecule has 3 fully saturated rings. The molecule has 0 bridgehead atoms. The van der Waals surface area contributed by atoms with Crippen molar-refractivity contribution in [2.75, 3.05) is 19.6 Å². The Balaban J connectivity index is 1.16. The van der Waals surface area contributed by atoms with E-state index in [-0.39, 0.29) is 29.5 Å². The molecule has 37 heavy (non-hydrogen) atoms. The average Bonchev–Trinajstić information content (AvgIpc) is 3.80. The Hall–Kier alpha value is -3.06. The summed E-state index contributed by atoms with van der Waals surface area (Å²) in [6.45, 7) is 6.21. The minimum Gasteiger partial charge on any atom is -0.342 e. The minimum atomic E-state index is -0.647. The summed E-state index contributed by atoms with van der Waals surface area (Å²) in [6.07, 6.45) is 4.41. The van der Waals surface area contributed by atoms with Crippen LogP contribution in [0, 0.1) is 31.5 Å². The van der Waals surface area contributed by atoms with E-state index in [1.54, 1.807) is 16.2 Å². The molecule has 1 unspecified atom stereocenters. The minimum absolute atomic E-state index is 0.0349. The lowest BCUT2D eigenvalue weighted by molar-refractivity contribution is -0.131. The van der Waals surface area contributed by atoms with Gasteiger partial charge < -0.3 is 4.90 Å². The predicted molar refractivity (Wildman–Crippen MR) is 144 cm³/mol. The third-order valence-corrected chi connectivity index (χ3v) is 9.81. The number of carbonyl (C=O) groups is 2. The topological polar surface area (TPSA) is 53.0 Å². The number of fused-ring (bicyclic) bond motifs is 1. The van der Waals surface area contributed by atoms with Crippen LogP contribution in [0.2, 0.25) is 0 Å². The second kappa shape index (κ2) is 8.22. The van der Waals surface area contributed by atoms with Gasteiger partial charge >= 0.3 is 0 Å². The van der Waals surface area contributed by atoms with Gasteiger partial charge in [0.05, 0.1) is 0 Å². The lowest BCUT2D eigenvalue weighted by Gasteiger charge is -2.24. The van der Waals surface area contributed by atoms with E-state index in [9.17, 15) is 9.59 Å². The number of aliphatic imine (C=N–C) groups is 1. The third-order valence-electron chi connectivity index (χ3n) is 8.62. The van der Waals surface area contributed by atoms with Gasteiger partial charge in [-0.05, 0) is 86.6 Å². The van der Waals surface area contributed by atoms with Crippen molar-refractivity contribution in [2.45, 2.75) is 51.5 Å². The molecule has 2 aromatic carbocycles. The second-order valence-corrected chi connectivity index (χ2v) is 12.5. The summed E-state index contributed by atoms with van der Waals surface area (Å²) in [4.78, 5) is 35.7. The van der Waals surface area contributed by atoms with Gasteiger partial charge in [-0.15, -0.1) is 11.3 Å². The Labute approximate surface area is 220 Å². The summed E-state index contributed by atoms with van der Waals surface area (Å²) in [5, 5.41) is 1.17. The number of halogens is 1. The first-order valence-corrected chi connectivity index (χ1v) is 14.2. The third kappa shape index (κ3) is 3.81. The second-order valence-electron chi connectivity index (χ2n) is 11.3. The summed E-state index contributed by atoms with van der Waals surface area (Å²) >= 11 is 1.76. The van der Waals surface area contributed by atoms with Crippen molar-refractivity contribution in [1.29, 1.82) is 0 Å². The molecule has 2 amide bonds. The van der Waals surface area contributed by atoms with Gasteiger partial charge in [0.15, 0.2) is 0 Å². The van der Waals surface area contributed by atoms with Crippen LogP contribution >= 0.6 is 11.3 Å². The Morgan fingerprint density at radius 3 is 2.62 bits per heavy atom. The van der Waals surface area contributed by atoms with Crippen molar-refractivity contribution in [2.24, 2.45) is 16.8 Å². The molecule has 1 saturated heterocycles. The molecular weight excluding hydrogens is 485 g/mol. The number of benzene rings is 2. The number of likely N-dealkylation sites (tertiary alicyclic amines) is 1. The number of rotatable bonds is 5. The van der Waals surface area contributed by atoms with Crippen LogP contribution in [0.3, 0.4) is 0 Å². The van der Waals surface area contributed by atoms with Crippen LogP contribution in [0.1, 0.15) is 48.1 Å². The number of hydrogen-bond donors (Lipinski definition) is 0. The van der Waals surface area contributed by atoms with E-state index in [1.165, 1.54) is 26.6 Å². The number of amides is 2. The molecule has 1 spiro atoms. The Bertz CT molecular complexity index is 1500. The van der Waals surface area contributed by atoms with E-state index < -0.39 is 5.54 Å². The van der Waals surface area contributed by atoms with Crippen molar-refractivity contribution in [3.63, 3.8) is 0 Å². The largest absolute Gasteiger partial charge is 0.342 e. The molecule has 7 heteroatoms. The van der Waals surface area contributed by atoms with Gasteiger partial charge in [0.2, 0.25) is 5.91 Å². The molecule has 2 aliphatic carbocycles. The van der Waals surface area contributed by atoms with E-state index in [0.29, 0.717) is 30.1 Å². The Morgan fingerprint density at radius 2 is 1.89 bits per heavy atom. The van der Waals surface area contributed by atoms with E-state index in [4.69, 9.17) is 4.99 Å². The summed E-state index contributed by atoms with van der Waals surface area (Å²) in [7, 11) is 0. The first-order chi connectivity index (χ1) is 17.8. The maximum Gasteiger partial charge on any atom is 0.256 e. The molecule has 1 aromatic heterocycles. The molecule has 7 rings (SSSR count). The number of aryl methyl sites for hydroxylation is 2. The zero-order valence-corrected chi connectivity index (χ0v) is 22.0. The highest BCUT2D eigenvalue weighted by Gasteiger charge is 2.57. The average molecular weight is 516 g/mol. The van der Waals surface area contributed by atoms with Crippen LogP contribution in [0.4, 0.5) is 4.39 Å². The van der Waals surface area contributed by atoms with Crippen molar-refractivity contribution in [1.82, 2.24) is 9.80 Å². The zero-order chi connectivity index (χ0) is 25.5. The Morgan fingerprint density at radius 1 is 1.11 bits per heavy atom. The van der Waals surface area contributed by atoms with Gasteiger partial charge in [0.25, 0.3) is 5.91 Å². The molecule has 2 aliphatic heterocycles. The zero-order valence-electron chi connectivity index (χ0n) is 21.2. The van der Waals surface area contributed by atoms with Gasteiger partial charge in [-0.2, -0.15) is 0 Å². The summed E-state index contributed by atoms with van der Waals surface area (Å²) in [5.41, 5.74) is 2.64. The normalized spacial score (nSPS) is 22.4. The van der Waals surface area contributed by atoms with E-state index >= 15 is 4.39 Å². The molecule has 3 aromatic rings. The number of nitrogens with zero attached hydrogens (tertiary/aromatic N) is 3. The monoisotopic (exact) mass is 515 g/mol. The molecule has 0 N–H and O–H groups in total. The van der Waals surface area contributed by atoms with Crippen LogP contribution in [0.25, 0.3) is 21.2 Å². The fourth-order valence-electron chi connectivity index (χ4n) is 5.92.